The number of nitrogens with one attached hydrogen (secondary N) is 1. The lowest BCUT2D eigenvalue weighted by Gasteiger charge is -2.23. The number of nitrogens with zero attached hydrogens (tertiary/aromatic N) is 4. The Hall–Kier alpha value is -1.56. The molecule has 136 valence electrons. The molecule has 1 aromatic rings. The maximum atomic E-state index is 9.99. The Balaban J connectivity index is 2.07. The second-order valence-corrected chi connectivity index (χ2v) is 7.18. The fourth-order valence-corrected chi connectivity index (χ4v) is 3.40. The first-order chi connectivity index (χ1) is 11.4. The summed E-state index contributed by atoms with van der Waals surface area (Å²) in [7, 11) is 4.03. The molecular weight excluding hydrogens is 302 g/mol. The first-order valence-corrected chi connectivity index (χ1v) is 9.12. The van der Waals surface area contributed by atoms with Gasteiger partial charge in [-0.15, -0.1) is 0 Å². The van der Waals surface area contributed by atoms with Gasteiger partial charge in [0.05, 0.1) is 11.8 Å². The van der Waals surface area contributed by atoms with Crippen molar-refractivity contribution in [2.24, 2.45) is 18.0 Å². The number of rotatable bonds is 6. The van der Waals surface area contributed by atoms with Crippen LogP contribution in [-0.4, -0.2) is 52.0 Å². The van der Waals surface area contributed by atoms with E-state index in [1.807, 2.05) is 11.7 Å². The first kappa shape index (κ1) is 18.8. The average molecular weight is 335 g/mol. The molecule has 1 fully saturated rings. The Morgan fingerprint density at radius 1 is 1.50 bits per heavy atom. The molecule has 0 aromatic carbocycles. The van der Waals surface area contributed by atoms with Crippen molar-refractivity contribution in [3.8, 4) is 0 Å². The topological polar surface area (TPSA) is 65.7 Å². The second-order valence-electron chi connectivity index (χ2n) is 7.18. The Bertz CT molecular complexity index is 552. The third-order valence-corrected chi connectivity index (χ3v) is 4.68. The summed E-state index contributed by atoms with van der Waals surface area (Å²) < 4.78 is 1.89. The van der Waals surface area contributed by atoms with E-state index in [1.54, 1.807) is 0 Å². The Morgan fingerprint density at radius 2 is 2.25 bits per heavy atom. The number of aromatic nitrogens is 2. The normalized spacial score (nSPS) is 21.5. The van der Waals surface area contributed by atoms with E-state index in [-0.39, 0.29) is 6.10 Å². The van der Waals surface area contributed by atoms with E-state index in [4.69, 9.17) is 4.99 Å². The van der Waals surface area contributed by atoms with E-state index in [2.05, 4.69) is 49.3 Å². The minimum Gasteiger partial charge on any atom is -0.393 e. The molecule has 2 atom stereocenters. The quantitative estimate of drug-likeness (QED) is 0.617. The molecule has 1 heterocycles. The Labute approximate surface area is 146 Å². The lowest BCUT2D eigenvalue weighted by Crippen LogP contribution is -2.39. The summed E-state index contributed by atoms with van der Waals surface area (Å²) in [6.07, 6.45) is 5.01. The van der Waals surface area contributed by atoms with Crippen LogP contribution in [0.3, 0.4) is 0 Å². The van der Waals surface area contributed by atoms with Gasteiger partial charge in [0.1, 0.15) is 0 Å². The molecule has 0 spiro atoms. The van der Waals surface area contributed by atoms with Crippen LogP contribution in [0, 0.1) is 5.92 Å². The molecule has 24 heavy (non-hydrogen) atoms. The predicted molar refractivity (Wildman–Crippen MR) is 98.1 cm³/mol. The maximum absolute atomic E-state index is 9.99. The van der Waals surface area contributed by atoms with Crippen molar-refractivity contribution in [3.63, 3.8) is 0 Å². The summed E-state index contributed by atoms with van der Waals surface area (Å²) in [4.78, 5) is 6.91. The molecule has 6 heteroatoms. The number of aryl methyl sites for hydroxylation is 1. The van der Waals surface area contributed by atoms with Crippen LogP contribution >= 0.6 is 0 Å². The summed E-state index contributed by atoms with van der Waals surface area (Å²) in [5.74, 6) is 1.61. The predicted octanol–water partition coefficient (Wildman–Crippen LogP) is 2.10. The number of aliphatic hydroxyl groups excluding tert-OH is 1. The van der Waals surface area contributed by atoms with E-state index in [9.17, 15) is 5.11 Å². The highest BCUT2D eigenvalue weighted by Crippen LogP contribution is 2.25. The summed E-state index contributed by atoms with van der Waals surface area (Å²) in [6, 6.07) is 0. The van der Waals surface area contributed by atoms with Gasteiger partial charge in [0.15, 0.2) is 5.96 Å². The molecule has 2 rings (SSSR count). The van der Waals surface area contributed by atoms with Gasteiger partial charge in [0, 0.05) is 51.4 Å². The van der Waals surface area contributed by atoms with Gasteiger partial charge in [0.2, 0.25) is 0 Å². The van der Waals surface area contributed by atoms with Crippen molar-refractivity contribution in [3.05, 3.63) is 17.5 Å². The largest absolute Gasteiger partial charge is 0.393 e. The zero-order valence-electron chi connectivity index (χ0n) is 15.8. The van der Waals surface area contributed by atoms with Crippen LogP contribution in [0.5, 0.6) is 0 Å². The Morgan fingerprint density at radius 3 is 2.83 bits per heavy atom. The lowest BCUT2D eigenvalue weighted by molar-refractivity contribution is 0.136. The zero-order valence-corrected chi connectivity index (χ0v) is 15.8. The lowest BCUT2D eigenvalue weighted by atomic mass is 10.1. The highest BCUT2D eigenvalue weighted by Gasteiger charge is 2.25. The SMILES string of the molecule is CCNC(=NCC1CCCC1O)N(C)Cc1cn(C)nc1C(C)C. The average Bonchev–Trinajstić information content (AvgIpc) is 3.09. The van der Waals surface area contributed by atoms with Gasteiger partial charge in [-0.25, -0.2) is 0 Å². The van der Waals surface area contributed by atoms with Gasteiger partial charge in [0.25, 0.3) is 0 Å². The molecule has 1 aliphatic carbocycles. The standard InChI is InChI=1S/C18H33N5O/c1-6-19-18(20-10-14-8-7-9-16(14)24)22(4)11-15-12-23(5)21-17(15)13(2)3/h12-14,16,24H,6-11H2,1-5H3,(H,19,20). The Kier molecular flexibility index (Phi) is 6.66. The van der Waals surface area contributed by atoms with Crippen LogP contribution in [0.2, 0.25) is 0 Å². The van der Waals surface area contributed by atoms with Crippen LogP contribution in [-0.2, 0) is 13.6 Å². The van der Waals surface area contributed by atoms with Gasteiger partial charge in [-0.3, -0.25) is 9.67 Å². The maximum Gasteiger partial charge on any atom is 0.193 e. The van der Waals surface area contributed by atoms with Gasteiger partial charge < -0.3 is 15.3 Å². The molecule has 1 saturated carbocycles. The van der Waals surface area contributed by atoms with E-state index in [0.29, 0.717) is 18.4 Å². The van der Waals surface area contributed by atoms with Crippen molar-refractivity contribution in [1.29, 1.82) is 0 Å². The monoisotopic (exact) mass is 335 g/mol. The molecule has 2 unspecified atom stereocenters. The van der Waals surface area contributed by atoms with E-state index >= 15 is 0 Å². The third-order valence-electron chi connectivity index (χ3n) is 4.68. The number of hydrogen-bond acceptors (Lipinski definition) is 3. The van der Waals surface area contributed by atoms with Crippen LogP contribution in [0.15, 0.2) is 11.2 Å². The van der Waals surface area contributed by atoms with Crippen LogP contribution in [0.1, 0.15) is 57.2 Å². The van der Waals surface area contributed by atoms with Gasteiger partial charge in [-0.2, -0.15) is 5.10 Å². The van der Waals surface area contributed by atoms with Gasteiger partial charge >= 0.3 is 0 Å². The molecule has 0 saturated heterocycles. The van der Waals surface area contributed by atoms with Gasteiger partial charge in [-0.05, 0) is 25.7 Å². The van der Waals surface area contributed by atoms with Crippen LogP contribution in [0.25, 0.3) is 0 Å². The second kappa shape index (κ2) is 8.51. The molecule has 0 aliphatic heterocycles. The minimum atomic E-state index is -0.187. The molecule has 0 radical (unpaired) electrons. The number of aliphatic hydroxyl groups is 1. The fourth-order valence-electron chi connectivity index (χ4n) is 3.40. The van der Waals surface area contributed by atoms with Crippen molar-refractivity contribution < 1.29 is 5.11 Å². The molecule has 6 nitrogen and oxygen atoms in total. The van der Waals surface area contributed by atoms with Crippen molar-refractivity contribution in [2.75, 3.05) is 20.1 Å². The van der Waals surface area contributed by atoms with Crippen LogP contribution < -0.4 is 5.32 Å². The van der Waals surface area contributed by atoms with E-state index < -0.39 is 0 Å². The fraction of sp³-hybridized carbons (Fsp3) is 0.778. The third kappa shape index (κ3) is 4.72. The molecule has 1 aromatic heterocycles. The summed E-state index contributed by atoms with van der Waals surface area (Å²) in [5, 5.41) is 17.9. The highest BCUT2D eigenvalue weighted by molar-refractivity contribution is 5.79. The first-order valence-electron chi connectivity index (χ1n) is 9.12. The summed E-state index contributed by atoms with van der Waals surface area (Å²) in [5.41, 5.74) is 2.38. The summed E-state index contributed by atoms with van der Waals surface area (Å²) in [6.45, 7) is 8.73. The zero-order chi connectivity index (χ0) is 17.7. The molecule has 1 aliphatic rings. The molecule has 0 bridgehead atoms. The van der Waals surface area contributed by atoms with E-state index in [1.165, 1.54) is 5.56 Å². The number of hydrogen-bond donors (Lipinski definition) is 2. The van der Waals surface area contributed by atoms with E-state index in [0.717, 1.165) is 44.0 Å². The van der Waals surface area contributed by atoms with Crippen molar-refractivity contribution in [2.45, 2.75) is 58.6 Å². The van der Waals surface area contributed by atoms with Crippen molar-refractivity contribution in [1.82, 2.24) is 20.0 Å². The number of aliphatic imine (C=N–C) groups is 1. The number of guanidine groups is 1. The van der Waals surface area contributed by atoms with Gasteiger partial charge in [-0.1, -0.05) is 20.3 Å². The van der Waals surface area contributed by atoms with Crippen LogP contribution in [0.4, 0.5) is 0 Å². The van der Waals surface area contributed by atoms with Crippen molar-refractivity contribution >= 4 is 5.96 Å². The minimum absolute atomic E-state index is 0.187. The molecule has 2 N–H and O–H groups in total. The molecule has 0 amide bonds. The molecular formula is C18H33N5O. The smallest absolute Gasteiger partial charge is 0.193 e. The summed E-state index contributed by atoms with van der Waals surface area (Å²) >= 11 is 0. The highest BCUT2D eigenvalue weighted by atomic mass is 16.3.